The predicted octanol–water partition coefficient (Wildman–Crippen LogP) is 5.93. The lowest BCUT2D eigenvalue weighted by Crippen LogP contribution is -2.57. The summed E-state index contributed by atoms with van der Waals surface area (Å²) >= 11 is 6.56. The average Bonchev–Trinajstić information content (AvgIpc) is 2.78. The molecule has 2 saturated heterocycles. The van der Waals surface area contributed by atoms with E-state index in [-0.39, 0.29) is 22.8 Å². The van der Waals surface area contributed by atoms with Crippen molar-refractivity contribution < 1.29 is 14.3 Å². The van der Waals surface area contributed by atoms with Crippen LogP contribution < -0.4 is 15.0 Å². The van der Waals surface area contributed by atoms with Crippen LogP contribution >= 0.6 is 11.6 Å². The Labute approximate surface area is 219 Å². The first-order valence-electron chi connectivity index (χ1n) is 12.8. The van der Waals surface area contributed by atoms with Crippen LogP contribution in [0.15, 0.2) is 42.5 Å². The Morgan fingerprint density at radius 1 is 1.00 bits per heavy atom. The summed E-state index contributed by atoms with van der Waals surface area (Å²) in [7, 11) is 0. The monoisotopic (exact) mass is 511 g/mol. The van der Waals surface area contributed by atoms with Crippen molar-refractivity contribution in [2.45, 2.75) is 65.0 Å². The number of ketones is 1. The molecule has 2 aliphatic heterocycles. The maximum Gasteiger partial charge on any atom is 0.219 e. The van der Waals surface area contributed by atoms with Crippen LogP contribution in [0.1, 0.15) is 64.2 Å². The Bertz CT molecular complexity index is 1110. The van der Waals surface area contributed by atoms with Gasteiger partial charge in [-0.15, -0.1) is 0 Å². The maximum absolute atomic E-state index is 13.1. The molecule has 194 valence electrons. The second-order valence-corrected chi connectivity index (χ2v) is 11.9. The molecule has 6 nitrogen and oxygen atoms in total. The number of carbonyl (C=O) groups is 2. The summed E-state index contributed by atoms with van der Waals surface area (Å²) in [6.07, 6.45) is 2.46. The van der Waals surface area contributed by atoms with E-state index in [0.717, 1.165) is 31.6 Å². The number of halogens is 1. The summed E-state index contributed by atoms with van der Waals surface area (Å²) < 4.78 is 6.10. The van der Waals surface area contributed by atoms with Crippen molar-refractivity contribution in [1.29, 1.82) is 0 Å². The highest BCUT2D eigenvalue weighted by Gasteiger charge is 2.38. The van der Waals surface area contributed by atoms with Crippen molar-refractivity contribution in [2.75, 3.05) is 31.1 Å². The van der Waals surface area contributed by atoms with E-state index in [1.54, 1.807) is 19.1 Å². The number of Topliss-reactive ketones (excluding diaryl/α,β-unsaturated/α-hetero) is 1. The Morgan fingerprint density at radius 3 is 2.28 bits per heavy atom. The molecule has 0 spiro atoms. The van der Waals surface area contributed by atoms with Gasteiger partial charge in [0.1, 0.15) is 11.5 Å². The molecule has 4 rings (SSSR count). The molecule has 0 bridgehead atoms. The van der Waals surface area contributed by atoms with E-state index >= 15 is 0 Å². The summed E-state index contributed by atoms with van der Waals surface area (Å²) in [4.78, 5) is 28.8. The number of amides is 1. The molecular formula is C29H38ClN3O3. The van der Waals surface area contributed by atoms with Crippen molar-refractivity contribution in [3.63, 3.8) is 0 Å². The topological polar surface area (TPSA) is 61.9 Å². The number of benzene rings is 2. The first-order valence-corrected chi connectivity index (χ1v) is 13.2. The van der Waals surface area contributed by atoms with Gasteiger partial charge in [0.15, 0.2) is 5.78 Å². The average molecular weight is 512 g/mol. The van der Waals surface area contributed by atoms with Crippen LogP contribution in [0.3, 0.4) is 0 Å². The van der Waals surface area contributed by atoms with Crippen LogP contribution in [-0.4, -0.2) is 53.8 Å². The number of piperidine rings is 1. The molecule has 0 saturated carbocycles. The van der Waals surface area contributed by atoms with E-state index in [1.165, 1.54) is 0 Å². The van der Waals surface area contributed by atoms with Crippen molar-refractivity contribution >= 4 is 29.0 Å². The molecule has 0 radical (unpaired) electrons. The van der Waals surface area contributed by atoms with Gasteiger partial charge in [0.2, 0.25) is 5.91 Å². The second-order valence-electron chi connectivity index (χ2n) is 11.5. The van der Waals surface area contributed by atoms with Gasteiger partial charge in [-0.2, -0.15) is 0 Å². The fraction of sp³-hybridized carbons (Fsp3) is 0.517. The number of hydrogen-bond acceptors (Lipinski definition) is 5. The van der Waals surface area contributed by atoms with E-state index in [9.17, 15) is 9.59 Å². The fourth-order valence-corrected chi connectivity index (χ4v) is 6.18. The zero-order chi connectivity index (χ0) is 26.1. The molecule has 2 fully saturated rings. The Morgan fingerprint density at radius 2 is 1.67 bits per heavy atom. The molecule has 1 N–H and O–H groups in total. The molecular weight excluding hydrogens is 474 g/mol. The minimum absolute atomic E-state index is 0.0115. The standard InChI is InChI=1S/C29H38ClN3O3/c1-20(34)32-11-13-33(14-12-32)23-7-6-8-24(17-23)36-27-10-9-22(16-25(27)30)26(35)15-21-18-28(2,3)31-29(4,5)19-21/h6-10,16-17,21,31H,11-15,18-19H2,1-5H3. The number of carbonyl (C=O) groups excluding carboxylic acids is 2. The highest BCUT2D eigenvalue weighted by molar-refractivity contribution is 6.32. The van der Waals surface area contributed by atoms with Crippen molar-refractivity contribution in [3.05, 3.63) is 53.1 Å². The lowest BCUT2D eigenvalue weighted by Gasteiger charge is -2.46. The molecule has 36 heavy (non-hydrogen) atoms. The van der Waals surface area contributed by atoms with Gasteiger partial charge in [-0.25, -0.2) is 0 Å². The van der Waals surface area contributed by atoms with Crippen LogP contribution in [0, 0.1) is 5.92 Å². The third-order valence-electron chi connectivity index (χ3n) is 7.14. The van der Waals surface area contributed by atoms with E-state index in [1.807, 2.05) is 35.2 Å². The third-order valence-corrected chi connectivity index (χ3v) is 7.43. The van der Waals surface area contributed by atoms with Gasteiger partial charge < -0.3 is 19.9 Å². The van der Waals surface area contributed by atoms with Gasteiger partial charge >= 0.3 is 0 Å². The lowest BCUT2D eigenvalue weighted by molar-refractivity contribution is -0.129. The highest BCUT2D eigenvalue weighted by atomic mass is 35.5. The Hall–Kier alpha value is -2.57. The Balaban J connectivity index is 1.40. The van der Waals surface area contributed by atoms with Crippen LogP contribution in [0.2, 0.25) is 5.02 Å². The zero-order valence-electron chi connectivity index (χ0n) is 22.1. The molecule has 2 heterocycles. The van der Waals surface area contributed by atoms with Crippen LogP contribution in [0.25, 0.3) is 0 Å². The summed E-state index contributed by atoms with van der Waals surface area (Å²) in [5.74, 6) is 1.77. The number of piperazine rings is 1. The summed E-state index contributed by atoms with van der Waals surface area (Å²) in [6.45, 7) is 13.4. The van der Waals surface area contributed by atoms with Gasteiger partial charge in [-0.05, 0) is 76.8 Å². The second kappa shape index (κ2) is 10.4. The highest BCUT2D eigenvalue weighted by Crippen LogP contribution is 2.36. The quantitative estimate of drug-likeness (QED) is 0.487. The van der Waals surface area contributed by atoms with Crippen LogP contribution in [-0.2, 0) is 4.79 Å². The molecule has 0 aromatic heterocycles. The fourth-order valence-electron chi connectivity index (χ4n) is 5.97. The van der Waals surface area contributed by atoms with Crippen LogP contribution in [0.4, 0.5) is 5.69 Å². The van der Waals surface area contributed by atoms with E-state index < -0.39 is 0 Å². The van der Waals surface area contributed by atoms with Gasteiger partial charge in [-0.3, -0.25) is 9.59 Å². The van der Waals surface area contributed by atoms with Crippen molar-refractivity contribution in [2.24, 2.45) is 5.92 Å². The molecule has 0 aliphatic carbocycles. The smallest absolute Gasteiger partial charge is 0.219 e. The van der Waals surface area contributed by atoms with Crippen molar-refractivity contribution in [1.82, 2.24) is 10.2 Å². The van der Waals surface area contributed by atoms with Crippen LogP contribution in [0.5, 0.6) is 11.5 Å². The minimum Gasteiger partial charge on any atom is -0.456 e. The number of ether oxygens (including phenoxy) is 1. The number of nitrogens with one attached hydrogen (secondary N) is 1. The SMILES string of the molecule is CC(=O)N1CCN(c2cccc(Oc3ccc(C(=O)CC4CC(C)(C)NC(C)(C)C4)cc3Cl)c2)CC1. The van der Waals surface area contributed by atoms with E-state index in [2.05, 4.69) is 37.9 Å². The molecule has 2 aromatic carbocycles. The third kappa shape index (κ3) is 6.60. The molecule has 0 unspecified atom stereocenters. The number of nitrogens with zero attached hydrogens (tertiary/aromatic N) is 2. The number of anilines is 1. The largest absolute Gasteiger partial charge is 0.456 e. The Kier molecular flexibility index (Phi) is 7.67. The predicted molar refractivity (Wildman–Crippen MR) is 145 cm³/mol. The van der Waals surface area contributed by atoms with Gasteiger partial charge in [0.25, 0.3) is 0 Å². The lowest BCUT2D eigenvalue weighted by atomic mass is 9.74. The first-order chi connectivity index (χ1) is 16.9. The number of rotatable bonds is 6. The molecule has 0 atom stereocenters. The summed E-state index contributed by atoms with van der Waals surface area (Å²) in [6, 6.07) is 13.2. The van der Waals surface area contributed by atoms with Crippen molar-refractivity contribution in [3.8, 4) is 11.5 Å². The first kappa shape index (κ1) is 26.5. The van der Waals surface area contributed by atoms with Gasteiger partial charge in [0, 0.05) is 67.9 Å². The summed E-state index contributed by atoms with van der Waals surface area (Å²) in [5, 5.41) is 4.10. The molecule has 2 aromatic rings. The number of hydrogen-bond donors (Lipinski definition) is 1. The maximum atomic E-state index is 13.1. The van der Waals surface area contributed by atoms with Gasteiger partial charge in [-0.1, -0.05) is 17.7 Å². The molecule has 2 aliphatic rings. The zero-order valence-corrected chi connectivity index (χ0v) is 22.8. The summed E-state index contributed by atoms with van der Waals surface area (Å²) in [5.41, 5.74) is 1.69. The molecule has 1 amide bonds. The van der Waals surface area contributed by atoms with Gasteiger partial charge in [0.05, 0.1) is 5.02 Å². The van der Waals surface area contributed by atoms with E-state index in [0.29, 0.717) is 47.5 Å². The normalized spacial score (nSPS) is 19.7. The minimum atomic E-state index is 0.0115. The van der Waals surface area contributed by atoms with E-state index in [4.69, 9.17) is 16.3 Å². The molecule has 7 heteroatoms.